The fraction of sp³-hybridized carbons (Fsp3) is 0.625. The second-order valence-corrected chi connectivity index (χ2v) is 10.7. The Bertz CT molecular complexity index is 1040. The summed E-state index contributed by atoms with van der Waals surface area (Å²) < 4.78 is 4.58. The highest BCUT2D eigenvalue weighted by atomic mass is 16.6. The van der Waals surface area contributed by atoms with Crippen LogP contribution in [0.5, 0.6) is 0 Å². The highest BCUT2D eigenvalue weighted by Gasteiger charge is 2.20. The zero-order valence-corrected chi connectivity index (χ0v) is 26.5. The summed E-state index contributed by atoms with van der Waals surface area (Å²) in [6, 6.07) is 8.44. The molecule has 2 fully saturated rings. The number of hydrogen-bond donors (Lipinski definition) is 3. The molecular weight excluding hydrogens is 530 g/mol. The van der Waals surface area contributed by atoms with Crippen molar-refractivity contribution in [3.05, 3.63) is 41.7 Å². The minimum atomic E-state index is -0.725. The summed E-state index contributed by atoms with van der Waals surface area (Å²) in [6.07, 6.45) is 6.87. The molecule has 238 valence electrons. The summed E-state index contributed by atoms with van der Waals surface area (Å²) in [4.78, 5) is 35.4. The number of aromatic nitrogens is 2. The van der Waals surface area contributed by atoms with E-state index in [9.17, 15) is 9.59 Å². The summed E-state index contributed by atoms with van der Waals surface area (Å²) >= 11 is 0. The molecule has 0 bridgehead atoms. The van der Waals surface area contributed by atoms with Crippen LogP contribution in [0.2, 0.25) is 0 Å². The molecular formula is C32H57N7O3. The molecule has 2 aliphatic heterocycles. The van der Waals surface area contributed by atoms with Crippen LogP contribution < -0.4 is 21.7 Å². The third kappa shape index (κ3) is 13.5. The molecule has 0 radical (unpaired) electrons. The zero-order valence-electron chi connectivity index (χ0n) is 26.5. The van der Waals surface area contributed by atoms with Crippen LogP contribution in [0.1, 0.15) is 110 Å². The van der Waals surface area contributed by atoms with E-state index in [1.807, 2.05) is 39.8 Å². The molecule has 5 N–H and O–H groups in total. The van der Waals surface area contributed by atoms with Crippen molar-refractivity contribution < 1.29 is 14.3 Å². The molecule has 0 aliphatic carbocycles. The Kier molecular flexibility index (Phi) is 18.1. The van der Waals surface area contributed by atoms with Crippen molar-refractivity contribution in [2.24, 2.45) is 11.5 Å². The van der Waals surface area contributed by atoms with Gasteiger partial charge in [0.25, 0.3) is 5.91 Å². The van der Waals surface area contributed by atoms with Crippen molar-refractivity contribution in [3.8, 4) is 0 Å². The van der Waals surface area contributed by atoms with Gasteiger partial charge in [-0.1, -0.05) is 47.3 Å². The van der Waals surface area contributed by atoms with Crippen molar-refractivity contribution in [1.82, 2.24) is 14.9 Å². The van der Waals surface area contributed by atoms with Gasteiger partial charge in [-0.15, -0.1) is 0 Å². The number of piperidine rings is 2. The van der Waals surface area contributed by atoms with Gasteiger partial charge in [-0.2, -0.15) is 0 Å². The quantitative estimate of drug-likeness (QED) is 0.352. The third-order valence-electron chi connectivity index (χ3n) is 6.44. The van der Waals surface area contributed by atoms with E-state index in [-0.39, 0.29) is 13.1 Å². The van der Waals surface area contributed by atoms with Crippen molar-refractivity contribution in [1.29, 1.82) is 0 Å². The number of nitrogens with one attached hydrogen (secondary N) is 1. The number of rotatable bonds is 5. The lowest BCUT2D eigenvalue weighted by Gasteiger charge is -2.29. The summed E-state index contributed by atoms with van der Waals surface area (Å²) in [7, 11) is 2.18. The standard InChI is InChI=1S/C22H30N6O.C5H11NO2.2C2H6.CH4/c1-27-13-9-17(10-14-27)16-5-7-18(8-6-16)25-22-20(21(23)29)24-15-19(26-22)28-11-3-2-4-12-28;1-5(2,3)8-4(6)7;2*1-2;/h5-8,15,17H,2-4,9-14H2,1H3,(H2,23,29)(H,25,26);1-3H3,(H2,6,7);2*1-2H3;1H4. The fourth-order valence-corrected chi connectivity index (χ4v) is 4.54. The summed E-state index contributed by atoms with van der Waals surface area (Å²) in [5.74, 6) is 1.25. The van der Waals surface area contributed by atoms with E-state index in [0.717, 1.165) is 50.5 Å². The number of ether oxygens (including phenoxy) is 1. The highest BCUT2D eigenvalue weighted by Crippen LogP contribution is 2.29. The van der Waals surface area contributed by atoms with Gasteiger partial charge in [0, 0.05) is 18.8 Å². The van der Waals surface area contributed by atoms with Gasteiger partial charge in [0.1, 0.15) is 11.4 Å². The van der Waals surface area contributed by atoms with Gasteiger partial charge >= 0.3 is 6.09 Å². The van der Waals surface area contributed by atoms with Crippen LogP contribution in [0.4, 0.5) is 22.1 Å². The number of amides is 2. The molecule has 0 saturated carbocycles. The predicted molar refractivity (Wildman–Crippen MR) is 176 cm³/mol. The second-order valence-electron chi connectivity index (χ2n) is 10.7. The number of likely N-dealkylation sites (tertiary alicyclic amines) is 1. The average molecular weight is 588 g/mol. The van der Waals surface area contributed by atoms with Crippen molar-refractivity contribution in [2.45, 2.75) is 99.5 Å². The minimum Gasteiger partial charge on any atom is -0.444 e. The Labute approximate surface area is 254 Å². The minimum absolute atomic E-state index is 0. The van der Waals surface area contributed by atoms with E-state index in [0.29, 0.717) is 11.7 Å². The Morgan fingerprint density at radius 2 is 1.48 bits per heavy atom. The third-order valence-corrected chi connectivity index (χ3v) is 6.44. The molecule has 1 aromatic heterocycles. The maximum absolute atomic E-state index is 11.8. The fourth-order valence-electron chi connectivity index (χ4n) is 4.54. The Balaban J connectivity index is 0.00000111. The summed E-state index contributed by atoms with van der Waals surface area (Å²) in [5, 5.41) is 3.26. The van der Waals surface area contributed by atoms with Crippen molar-refractivity contribution in [2.75, 3.05) is 43.4 Å². The number of primary amides is 2. The first kappa shape index (κ1) is 38.6. The Morgan fingerprint density at radius 3 is 1.93 bits per heavy atom. The van der Waals surface area contributed by atoms with Gasteiger partial charge in [0.05, 0.1) is 6.20 Å². The highest BCUT2D eigenvalue weighted by molar-refractivity contribution is 5.96. The number of carbonyl (C=O) groups is 2. The predicted octanol–water partition coefficient (Wildman–Crippen LogP) is 6.69. The van der Waals surface area contributed by atoms with E-state index in [1.165, 1.54) is 24.8 Å². The molecule has 2 amide bonds. The molecule has 2 saturated heterocycles. The van der Waals surface area contributed by atoms with Crippen LogP contribution in [-0.2, 0) is 4.74 Å². The molecule has 4 rings (SSSR count). The summed E-state index contributed by atoms with van der Waals surface area (Å²) in [6.45, 7) is 17.5. The largest absolute Gasteiger partial charge is 0.444 e. The van der Waals surface area contributed by atoms with Gasteiger partial charge in [-0.3, -0.25) is 4.79 Å². The number of anilines is 3. The van der Waals surface area contributed by atoms with Crippen LogP contribution >= 0.6 is 0 Å². The average Bonchev–Trinajstić information content (AvgIpc) is 2.95. The van der Waals surface area contributed by atoms with Crippen LogP contribution in [-0.4, -0.2) is 65.7 Å². The van der Waals surface area contributed by atoms with Gasteiger partial charge in [-0.05, 0) is 96.6 Å². The molecule has 3 heterocycles. The van der Waals surface area contributed by atoms with Crippen LogP contribution in [0.3, 0.4) is 0 Å². The van der Waals surface area contributed by atoms with E-state index >= 15 is 0 Å². The summed E-state index contributed by atoms with van der Waals surface area (Å²) in [5.41, 5.74) is 12.2. The number of nitrogens with two attached hydrogens (primary N) is 2. The van der Waals surface area contributed by atoms with Crippen LogP contribution in [0, 0.1) is 0 Å². The monoisotopic (exact) mass is 587 g/mol. The molecule has 0 unspecified atom stereocenters. The molecule has 2 aliphatic rings. The lowest BCUT2D eigenvalue weighted by molar-refractivity contribution is 0.0599. The normalized spacial score (nSPS) is 15.2. The molecule has 2 aromatic rings. The Hall–Kier alpha value is -3.40. The molecule has 10 nitrogen and oxygen atoms in total. The zero-order chi connectivity index (χ0) is 31.0. The smallest absolute Gasteiger partial charge is 0.405 e. The van der Waals surface area contributed by atoms with E-state index < -0.39 is 17.6 Å². The SMILES string of the molecule is C.CC.CC.CC(C)(C)OC(N)=O.CN1CCC(c2ccc(Nc3nc(N4CCCCC4)cnc3C(N)=O)cc2)CC1. The first-order valence-corrected chi connectivity index (χ1v) is 15.0. The number of carbonyl (C=O) groups excluding carboxylic acids is 2. The topological polar surface area (TPSA) is 140 Å². The maximum Gasteiger partial charge on any atom is 0.405 e. The first-order chi connectivity index (χ1) is 19.5. The van der Waals surface area contributed by atoms with Gasteiger partial charge in [-0.25, -0.2) is 14.8 Å². The van der Waals surface area contributed by atoms with Crippen LogP contribution in [0.25, 0.3) is 0 Å². The molecule has 1 aromatic carbocycles. The van der Waals surface area contributed by atoms with Crippen molar-refractivity contribution in [3.63, 3.8) is 0 Å². The number of hydrogen-bond acceptors (Lipinski definition) is 8. The van der Waals surface area contributed by atoms with Gasteiger partial charge in [0.15, 0.2) is 11.5 Å². The molecule has 0 atom stereocenters. The molecule has 42 heavy (non-hydrogen) atoms. The van der Waals surface area contributed by atoms with Gasteiger partial charge < -0.3 is 31.3 Å². The lowest BCUT2D eigenvalue weighted by Crippen LogP contribution is -2.31. The van der Waals surface area contributed by atoms with Crippen molar-refractivity contribution >= 4 is 29.3 Å². The van der Waals surface area contributed by atoms with E-state index in [4.69, 9.17) is 11.5 Å². The van der Waals surface area contributed by atoms with Gasteiger partial charge in [0.2, 0.25) is 0 Å². The Morgan fingerprint density at radius 1 is 0.929 bits per heavy atom. The van der Waals surface area contributed by atoms with E-state index in [1.54, 1.807) is 27.0 Å². The first-order valence-electron chi connectivity index (χ1n) is 15.0. The molecule has 10 heteroatoms. The lowest BCUT2D eigenvalue weighted by atomic mass is 9.89. The second kappa shape index (κ2) is 19.7. The molecule has 0 spiro atoms. The number of nitrogens with zero attached hydrogens (tertiary/aromatic N) is 4. The van der Waals surface area contributed by atoms with Crippen LogP contribution in [0.15, 0.2) is 30.5 Å². The number of benzene rings is 1. The maximum atomic E-state index is 11.8. The van der Waals surface area contributed by atoms with E-state index in [2.05, 4.69) is 49.0 Å².